The van der Waals surface area contributed by atoms with Gasteiger partial charge in [0.1, 0.15) is 18.6 Å². The van der Waals surface area contributed by atoms with Crippen LogP contribution in [0.1, 0.15) is 16.2 Å². The molecule has 120 valence electrons. The fourth-order valence-electron chi connectivity index (χ4n) is 2.03. The standard InChI is InChI=1S/C17H15N5O2/c18-16-20-15(11-24-14-8-4-5-12(9-14)10-23)21-17(22-16)19-13-6-2-1-3-7-13/h1-10H,11H2,(H3,18,19,20,21,22). The Bertz CT molecular complexity index is 839. The number of carbonyl (C=O) groups is 1. The topological polar surface area (TPSA) is 103 Å². The molecule has 3 rings (SSSR count). The molecule has 7 nitrogen and oxygen atoms in total. The van der Waals surface area contributed by atoms with E-state index in [2.05, 4.69) is 20.3 Å². The Balaban J connectivity index is 1.72. The second-order valence-electron chi connectivity index (χ2n) is 4.90. The molecule has 0 amide bonds. The fraction of sp³-hybridized carbons (Fsp3) is 0.0588. The third-order valence-electron chi connectivity index (χ3n) is 3.09. The summed E-state index contributed by atoms with van der Waals surface area (Å²) in [5, 5.41) is 3.06. The summed E-state index contributed by atoms with van der Waals surface area (Å²) in [4.78, 5) is 23.2. The maximum atomic E-state index is 10.8. The molecule has 1 aromatic heterocycles. The fourth-order valence-corrected chi connectivity index (χ4v) is 2.03. The number of nitrogen functional groups attached to an aromatic ring is 1. The molecule has 0 spiro atoms. The zero-order valence-corrected chi connectivity index (χ0v) is 12.7. The van der Waals surface area contributed by atoms with Crippen molar-refractivity contribution in [3.8, 4) is 5.75 Å². The van der Waals surface area contributed by atoms with Gasteiger partial charge in [-0.2, -0.15) is 15.0 Å². The minimum atomic E-state index is 0.101. The molecule has 0 unspecified atom stereocenters. The first kappa shape index (κ1) is 15.4. The lowest BCUT2D eigenvalue weighted by Gasteiger charge is -2.09. The Labute approximate surface area is 138 Å². The number of aldehydes is 1. The Morgan fingerprint density at radius 3 is 2.67 bits per heavy atom. The summed E-state index contributed by atoms with van der Waals surface area (Å²) in [6.45, 7) is 0.110. The average molecular weight is 321 g/mol. The summed E-state index contributed by atoms with van der Waals surface area (Å²) in [6.07, 6.45) is 0.760. The zero-order chi connectivity index (χ0) is 16.8. The van der Waals surface area contributed by atoms with Gasteiger partial charge in [-0.3, -0.25) is 4.79 Å². The quantitative estimate of drug-likeness (QED) is 0.672. The van der Waals surface area contributed by atoms with E-state index >= 15 is 0 Å². The normalized spacial score (nSPS) is 10.2. The van der Waals surface area contributed by atoms with Crippen LogP contribution in [0.3, 0.4) is 0 Å². The minimum absolute atomic E-state index is 0.101. The van der Waals surface area contributed by atoms with Gasteiger partial charge in [-0.25, -0.2) is 0 Å². The van der Waals surface area contributed by atoms with Gasteiger partial charge in [-0.1, -0.05) is 30.3 Å². The summed E-state index contributed by atoms with van der Waals surface area (Å²) < 4.78 is 5.60. The van der Waals surface area contributed by atoms with Crippen molar-refractivity contribution in [2.24, 2.45) is 0 Å². The number of hydrogen-bond donors (Lipinski definition) is 2. The van der Waals surface area contributed by atoms with Gasteiger partial charge < -0.3 is 15.8 Å². The van der Waals surface area contributed by atoms with Gasteiger partial charge >= 0.3 is 0 Å². The molecule has 0 aliphatic heterocycles. The van der Waals surface area contributed by atoms with Crippen molar-refractivity contribution in [1.82, 2.24) is 15.0 Å². The molecule has 3 N–H and O–H groups in total. The van der Waals surface area contributed by atoms with Gasteiger partial charge in [-0.15, -0.1) is 0 Å². The van der Waals surface area contributed by atoms with Crippen molar-refractivity contribution >= 4 is 23.9 Å². The highest BCUT2D eigenvalue weighted by Gasteiger charge is 2.06. The van der Waals surface area contributed by atoms with Gasteiger partial charge in [0.2, 0.25) is 11.9 Å². The molecule has 7 heteroatoms. The lowest BCUT2D eigenvalue weighted by atomic mass is 10.2. The van der Waals surface area contributed by atoms with Gasteiger partial charge in [0.05, 0.1) is 0 Å². The smallest absolute Gasteiger partial charge is 0.232 e. The van der Waals surface area contributed by atoms with E-state index in [0.29, 0.717) is 23.1 Å². The molecule has 3 aromatic rings. The molecule has 0 aliphatic carbocycles. The van der Waals surface area contributed by atoms with E-state index in [-0.39, 0.29) is 12.6 Å². The Hall–Kier alpha value is -3.48. The van der Waals surface area contributed by atoms with Crippen LogP contribution in [0.2, 0.25) is 0 Å². The summed E-state index contributed by atoms with van der Waals surface area (Å²) in [5.74, 6) is 1.38. The summed E-state index contributed by atoms with van der Waals surface area (Å²) >= 11 is 0. The molecule has 2 aromatic carbocycles. The molecule has 0 saturated carbocycles. The number of aromatic nitrogens is 3. The molecule has 24 heavy (non-hydrogen) atoms. The van der Waals surface area contributed by atoms with Crippen molar-refractivity contribution in [3.63, 3.8) is 0 Å². The molecular weight excluding hydrogens is 306 g/mol. The van der Waals surface area contributed by atoms with Crippen LogP contribution < -0.4 is 15.8 Å². The number of nitrogens with two attached hydrogens (primary N) is 1. The van der Waals surface area contributed by atoms with Gasteiger partial charge in [0.15, 0.2) is 5.82 Å². The largest absolute Gasteiger partial charge is 0.486 e. The van der Waals surface area contributed by atoms with Crippen molar-refractivity contribution < 1.29 is 9.53 Å². The van der Waals surface area contributed by atoms with Gasteiger partial charge in [-0.05, 0) is 24.3 Å². The van der Waals surface area contributed by atoms with Crippen LogP contribution in [-0.2, 0) is 6.61 Å². The lowest BCUT2D eigenvalue weighted by Crippen LogP contribution is -2.09. The second-order valence-corrected chi connectivity index (χ2v) is 4.90. The van der Waals surface area contributed by atoms with E-state index < -0.39 is 0 Å². The third kappa shape index (κ3) is 4.04. The Kier molecular flexibility index (Phi) is 4.62. The first-order chi connectivity index (χ1) is 11.7. The van der Waals surface area contributed by atoms with Crippen LogP contribution in [-0.4, -0.2) is 21.2 Å². The lowest BCUT2D eigenvalue weighted by molar-refractivity contribution is 0.112. The Morgan fingerprint density at radius 2 is 1.88 bits per heavy atom. The first-order valence-corrected chi connectivity index (χ1v) is 7.23. The van der Waals surface area contributed by atoms with E-state index in [0.717, 1.165) is 12.0 Å². The first-order valence-electron chi connectivity index (χ1n) is 7.23. The van der Waals surface area contributed by atoms with Crippen molar-refractivity contribution in [2.45, 2.75) is 6.61 Å². The van der Waals surface area contributed by atoms with Crippen LogP contribution in [0.4, 0.5) is 17.6 Å². The third-order valence-corrected chi connectivity index (χ3v) is 3.09. The van der Waals surface area contributed by atoms with E-state index in [1.54, 1.807) is 24.3 Å². The predicted molar refractivity (Wildman–Crippen MR) is 90.1 cm³/mol. The zero-order valence-electron chi connectivity index (χ0n) is 12.7. The van der Waals surface area contributed by atoms with Crippen LogP contribution in [0.25, 0.3) is 0 Å². The average Bonchev–Trinajstić information content (AvgIpc) is 2.60. The van der Waals surface area contributed by atoms with E-state index in [4.69, 9.17) is 10.5 Å². The van der Waals surface area contributed by atoms with Crippen LogP contribution in [0, 0.1) is 0 Å². The monoisotopic (exact) mass is 321 g/mol. The number of ether oxygens (including phenoxy) is 1. The van der Waals surface area contributed by atoms with Crippen molar-refractivity contribution in [3.05, 3.63) is 66.0 Å². The molecule has 0 fully saturated rings. The maximum Gasteiger partial charge on any atom is 0.232 e. The van der Waals surface area contributed by atoms with E-state index in [1.165, 1.54) is 0 Å². The predicted octanol–water partition coefficient (Wildman–Crippen LogP) is 2.59. The van der Waals surface area contributed by atoms with E-state index in [1.807, 2.05) is 30.3 Å². The Morgan fingerprint density at radius 1 is 1.04 bits per heavy atom. The molecule has 1 heterocycles. The van der Waals surface area contributed by atoms with Crippen LogP contribution in [0.15, 0.2) is 54.6 Å². The van der Waals surface area contributed by atoms with Crippen LogP contribution >= 0.6 is 0 Å². The molecule has 0 atom stereocenters. The van der Waals surface area contributed by atoms with Crippen molar-refractivity contribution in [1.29, 1.82) is 0 Å². The number of nitrogens with one attached hydrogen (secondary N) is 1. The highest BCUT2D eigenvalue weighted by atomic mass is 16.5. The van der Waals surface area contributed by atoms with E-state index in [9.17, 15) is 4.79 Å². The highest BCUT2D eigenvalue weighted by molar-refractivity contribution is 5.75. The number of benzene rings is 2. The summed E-state index contributed by atoms with van der Waals surface area (Å²) in [5.41, 5.74) is 7.10. The molecule has 0 aliphatic rings. The summed E-state index contributed by atoms with van der Waals surface area (Å²) in [7, 11) is 0. The molecule has 0 radical (unpaired) electrons. The van der Waals surface area contributed by atoms with Gasteiger partial charge in [0.25, 0.3) is 0 Å². The number of para-hydroxylation sites is 1. The van der Waals surface area contributed by atoms with Gasteiger partial charge in [0, 0.05) is 11.3 Å². The summed E-state index contributed by atoms with van der Waals surface area (Å²) in [6, 6.07) is 16.3. The number of hydrogen-bond acceptors (Lipinski definition) is 7. The van der Waals surface area contributed by atoms with Crippen molar-refractivity contribution in [2.75, 3.05) is 11.1 Å². The maximum absolute atomic E-state index is 10.8. The SMILES string of the molecule is Nc1nc(COc2cccc(C=O)c2)nc(Nc2ccccc2)n1. The molecular formula is C17H15N5O2. The van der Waals surface area contributed by atoms with Crippen LogP contribution in [0.5, 0.6) is 5.75 Å². The second kappa shape index (κ2) is 7.19. The molecule has 0 bridgehead atoms. The number of rotatable bonds is 6. The highest BCUT2D eigenvalue weighted by Crippen LogP contribution is 2.15. The molecule has 0 saturated heterocycles. The number of anilines is 3. The minimum Gasteiger partial charge on any atom is -0.486 e. The number of carbonyl (C=O) groups excluding carboxylic acids is 1. The number of nitrogens with zero attached hydrogens (tertiary/aromatic N) is 3.